The molecule has 1 aliphatic heterocycles. The summed E-state index contributed by atoms with van der Waals surface area (Å²) in [7, 11) is 1.85. The van der Waals surface area contributed by atoms with Crippen LogP contribution in [0.25, 0.3) is 0 Å². The fraction of sp³-hybridized carbons (Fsp3) is 0.650. The van der Waals surface area contributed by atoms with Crippen molar-refractivity contribution in [3.8, 4) is 0 Å². The standard InChI is InChI=1S/C20H33N3OS.HI/c1-5-25-20(11-13-24-14-12-20)15-22-19(21-4)23-17(3)16(2)18-9-7-6-8-10-18;/h6-10,16-17H,5,11-15H2,1-4H3,(H2,21,22,23);1H. The molecule has 0 bridgehead atoms. The molecule has 26 heavy (non-hydrogen) atoms. The van der Waals surface area contributed by atoms with Gasteiger partial charge in [0.15, 0.2) is 5.96 Å². The van der Waals surface area contributed by atoms with E-state index in [1.807, 2.05) is 18.8 Å². The van der Waals surface area contributed by atoms with Crippen molar-refractivity contribution in [3.05, 3.63) is 35.9 Å². The van der Waals surface area contributed by atoms with Gasteiger partial charge < -0.3 is 15.4 Å². The van der Waals surface area contributed by atoms with Gasteiger partial charge in [0.2, 0.25) is 0 Å². The van der Waals surface area contributed by atoms with Crippen LogP contribution in [0.1, 0.15) is 45.1 Å². The summed E-state index contributed by atoms with van der Waals surface area (Å²) >= 11 is 2.05. The molecule has 148 valence electrons. The van der Waals surface area contributed by atoms with Crippen molar-refractivity contribution in [1.29, 1.82) is 0 Å². The molecule has 1 heterocycles. The van der Waals surface area contributed by atoms with E-state index in [1.54, 1.807) is 0 Å². The molecule has 1 fully saturated rings. The number of benzene rings is 1. The number of nitrogens with one attached hydrogen (secondary N) is 2. The van der Waals surface area contributed by atoms with E-state index in [1.165, 1.54) is 5.56 Å². The smallest absolute Gasteiger partial charge is 0.191 e. The molecule has 0 amide bonds. The molecule has 1 aromatic rings. The summed E-state index contributed by atoms with van der Waals surface area (Å²) in [6.45, 7) is 9.37. The quantitative estimate of drug-likeness (QED) is 0.340. The molecule has 4 nitrogen and oxygen atoms in total. The molecule has 2 rings (SSSR count). The Labute approximate surface area is 180 Å². The lowest BCUT2D eigenvalue weighted by molar-refractivity contribution is 0.0782. The number of halogens is 1. The van der Waals surface area contributed by atoms with Crippen LogP contribution < -0.4 is 10.6 Å². The number of ether oxygens (including phenoxy) is 1. The molecule has 0 radical (unpaired) electrons. The number of hydrogen-bond acceptors (Lipinski definition) is 3. The second kappa shape index (κ2) is 12.1. The van der Waals surface area contributed by atoms with E-state index in [0.29, 0.717) is 12.0 Å². The number of aliphatic imine (C=N–C) groups is 1. The van der Waals surface area contributed by atoms with Crippen LogP contribution in [0.5, 0.6) is 0 Å². The SMILES string of the molecule is CCSC1(CNC(=NC)NC(C)C(C)c2ccccc2)CCOCC1.I. The Morgan fingerprint density at radius 2 is 1.88 bits per heavy atom. The second-order valence-corrected chi connectivity index (χ2v) is 8.52. The maximum atomic E-state index is 5.56. The Kier molecular flexibility index (Phi) is 11.0. The molecule has 0 saturated carbocycles. The zero-order chi connectivity index (χ0) is 18.1. The van der Waals surface area contributed by atoms with Crippen LogP contribution >= 0.6 is 35.7 Å². The number of thioether (sulfide) groups is 1. The first kappa shape index (κ1) is 23.6. The van der Waals surface area contributed by atoms with Crippen molar-refractivity contribution in [2.45, 2.75) is 50.3 Å². The van der Waals surface area contributed by atoms with Crippen LogP contribution in [-0.2, 0) is 4.74 Å². The average Bonchev–Trinajstić information content (AvgIpc) is 2.66. The van der Waals surface area contributed by atoms with Gasteiger partial charge in [-0.05, 0) is 31.1 Å². The highest BCUT2D eigenvalue weighted by atomic mass is 127. The predicted octanol–water partition coefficient (Wildman–Crippen LogP) is 4.26. The van der Waals surface area contributed by atoms with Crippen LogP contribution in [0.2, 0.25) is 0 Å². The minimum atomic E-state index is 0. The topological polar surface area (TPSA) is 45.7 Å². The first-order chi connectivity index (χ1) is 12.1. The normalized spacial score (nSPS) is 19.2. The Morgan fingerprint density at radius 3 is 2.46 bits per heavy atom. The first-order valence-electron chi connectivity index (χ1n) is 9.34. The van der Waals surface area contributed by atoms with E-state index in [9.17, 15) is 0 Å². The molecule has 0 aromatic heterocycles. The summed E-state index contributed by atoms with van der Waals surface area (Å²) < 4.78 is 5.83. The Morgan fingerprint density at radius 1 is 1.23 bits per heavy atom. The van der Waals surface area contributed by atoms with Gasteiger partial charge in [-0.3, -0.25) is 4.99 Å². The monoisotopic (exact) mass is 491 g/mol. The molecule has 2 N–H and O–H groups in total. The van der Waals surface area contributed by atoms with Crippen molar-refractivity contribution >= 4 is 41.7 Å². The van der Waals surface area contributed by atoms with Gasteiger partial charge in [-0.15, -0.1) is 24.0 Å². The zero-order valence-electron chi connectivity index (χ0n) is 16.5. The Balaban J connectivity index is 0.00000338. The summed E-state index contributed by atoms with van der Waals surface area (Å²) in [6, 6.07) is 10.9. The highest BCUT2D eigenvalue weighted by Crippen LogP contribution is 2.34. The van der Waals surface area contributed by atoms with E-state index in [2.05, 4.69) is 66.7 Å². The predicted molar refractivity (Wildman–Crippen MR) is 125 cm³/mol. The van der Waals surface area contributed by atoms with E-state index >= 15 is 0 Å². The maximum Gasteiger partial charge on any atom is 0.191 e. The molecule has 2 atom stereocenters. The molecule has 1 aliphatic rings. The van der Waals surface area contributed by atoms with Crippen molar-refractivity contribution in [2.75, 3.05) is 32.6 Å². The fourth-order valence-electron chi connectivity index (χ4n) is 3.25. The molecular weight excluding hydrogens is 457 g/mol. The van der Waals surface area contributed by atoms with Gasteiger partial charge in [-0.2, -0.15) is 11.8 Å². The third kappa shape index (κ3) is 6.93. The van der Waals surface area contributed by atoms with E-state index in [-0.39, 0.29) is 28.7 Å². The lowest BCUT2D eigenvalue weighted by atomic mass is 9.94. The summed E-state index contributed by atoms with van der Waals surface area (Å²) in [5, 5.41) is 7.13. The molecule has 2 unspecified atom stereocenters. The number of rotatable bonds is 7. The van der Waals surface area contributed by atoms with Crippen molar-refractivity contribution in [3.63, 3.8) is 0 Å². The number of hydrogen-bond donors (Lipinski definition) is 2. The summed E-state index contributed by atoms with van der Waals surface area (Å²) in [4.78, 5) is 4.43. The van der Waals surface area contributed by atoms with Crippen LogP contribution in [0, 0.1) is 0 Å². The van der Waals surface area contributed by atoms with Gasteiger partial charge >= 0.3 is 0 Å². The minimum absolute atomic E-state index is 0. The first-order valence-corrected chi connectivity index (χ1v) is 10.3. The minimum Gasteiger partial charge on any atom is -0.381 e. The number of nitrogens with zero attached hydrogens (tertiary/aromatic N) is 1. The lowest BCUT2D eigenvalue weighted by Gasteiger charge is -2.37. The zero-order valence-corrected chi connectivity index (χ0v) is 19.6. The van der Waals surface area contributed by atoms with Crippen molar-refractivity contribution < 1.29 is 4.74 Å². The van der Waals surface area contributed by atoms with E-state index < -0.39 is 0 Å². The molecule has 1 saturated heterocycles. The Bertz CT molecular complexity index is 530. The average molecular weight is 491 g/mol. The fourth-order valence-corrected chi connectivity index (χ4v) is 4.49. The van der Waals surface area contributed by atoms with Crippen LogP contribution in [0.4, 0.5) is 0 Å². The molecule has 6 heteroatoms. The van der Waals surface area contributed by atoms with Gasteiger partial charge in [0.1, 0.15) is 0 Å². The van der Waals surface area contributed by atoms with Gasteiger partial charge in [0, 0.05) is 43.5 Å². The molecule has 1 aromatic carbocycles. The third-order valence-electron chi connectivity index (χ3n) is 5.10. The van der Waals surface area contributed by atoms with Crippen LogP contribution in [0.3, 0.4) is 0 Å². The lowest BCUT2D eigenvalue weighted by Crippen LogP contribution is -2.50. The maximum absolute atomic E-state index is 5.56. The van der Waals surface area contributed by atoms with Gasteiger partial charge in [-0.25, -0.2) is 0 Å². The van der Waals surface area contributed by atoms with Gasteiger partial charge in [-0.1, -0.05) is 44.2 Å². The Hall–Kier alpha value is -0.470. The van der Waals surface area contributed by atoms with Crippen LogP contribution in [-0.4, -0.2) is 49.3 Å². The highest BCUT2D eigenvalue weighted by molar-refractivity contribution is 14.0. The largest absolute Gasteiger partial charge is 0.381 e. The van der Waals surface area contributed by atoms with Crippen LogP contribution in [0.15, 0.2) is 35.3 Å². The number of guanidine groups is 1. The van der Waals surface area contributed by atoms with Crippen molar-refractivity contribution in [2.24, 2.45) is 4.99 Å². The van der Waals surface area contributed by atoms with E-state index in [4.69, 9.17) is 4.74 Å². The highest BCUT2D eigenvalue weighted by Gasteiger charge is 2.32. The van der Waals surface area contributed by atoms with Gasteiger partial charge in [0.05, 0.1) is 0 Å². The summed E-state index contributed by atoms with van der Waals surface area (Å²) in [5.41, 5.74) is 1.35. The molecular formula is C20H34IN3OS. The third-order valence-corrected chi connectivity index (χ3v) is 6.55. The molecule has 0 aliphatic carbocycles. The van der Waals surface area contributed by atoms with Crippen molar-refractivity contribution in [1.82, 2.24) is 10.6 Å². The van der Waals surface area contributed by atoms with Gasteiger partial charge in [0.25, 0.3) is 0 Å². The summed E-state index contributed by atoms with van der Waals surface area (Å²) in [6.07, 6.45) is 2.21. The van der Waals surface area contributed by atoms with E-state index in [0.717, 1.165) is 44.3 Å². The second-order valence-electron chi connectivity index (χ2n) is 6.79. The molecule has 0 spiro atoms. The summed E-state index contributed by atoms with van der Waals surface area (Å²) in [5.74, 6) is 2.44.